The largest absolute Gasteiger partial charge is 0.355 e. The number of hydrogen-bond acceptors (Lipinski definition) is 2. The molecule has 2 nitrogen and oxygen atoms in total. The third-order valence-electron chi connectivity index (χ3n) is 2.63. The molecule has 0 saturated heterocycles. The fourth-order valence-corrected chi connectivity index (χ4v) is 2.52. The maximum absolute atomic E-state index is 13.0. The molecule has 0 aliphatic carbocycles. The normalized spacial score (nSPS) is 10.9. The van der Waals surface area contributed by atoms with Crippen LogP contribution in [0.2, 0.25) is 0 Å². The summed E-state index contributed by atoms with van der Waals surface area (Å²) in [6.07, 6.45) is 0.830. The molecule has 2 aromatic heterocycles. The summed E-state index contributed by atoms with van der Waals surface area (Å²) in [6, 6.07) is 8.32. The predicted molar refractivity (Wildman–Crippen MR) is 67.0 cm³/mol. The van der Waals surface area contributed by atoms with Crippen molar-refractivity contribution < 1.29 is 9.18 Å². The number of rotatable bonds is 2. The molecule has 0 atom stereocenters. The molecule has 3 aromatic rings. The minimum Gasteiger partial charge on any atom is -0.355 e. The lowest BCUT2D eigenvalue weighted by Gasteiger charge is -1.89. The van der Waals surface area contributed by atoms with E-state index in [0.29, 0.717) is 4.88 Å². The van der Waals surface area contributed by atoms with Crippen LogP contribution in [0.5, 0.6) is 0 Å². The number of hydrogen-bond donors (Lipinski definition) is 1. The first-order valence-electron chi connectivity index (χ1n) is 5.08. The summed E-state index contributed by atoms with van der Waals surface area (Å²) in [4.78, 5) is 14.5. The molecule has 0 bridgehead atoms. The van der Waals surface area contributed by atoms with E-state index < -0.39 is 0 Å². The lowest BCUT2D eigenvalue weighted by atomic mass is 10.2. The van der Waals surface area contributed by atoms with E-state index in [1.807, 2.05) is 17.5 Å². The predicted octanol–water partition coefficient (Wildman–Crippen LogP) is 3.85. The van der Waals surface area contributed by atoms with Crippen molar-refractivity contribution in [3.05, 3.63) is 46.4 Å². The van der Waals surface area contributed by atoms with Crippen molar-refractivity contribution in [2.45, 2.75) is 0 Å². The standard InChI is InChI=1S/C13H8FNOS/c14-10-1-2-12-8(3-10)5-13(15-12)9-4-11(6-16)17-7-9/h1-7,15H. The van der Waals surface area contributed by atoms with Crippen molar-refractivity contribution in [1.29, 1.82) is 0 Å². The topological polar surface area (TPSA) is 32.9 Å². The molecule has 0 aliphatic heterocycles. The molecular formula is C13H8FNOS. The number of aldehydes is 1. The van der Waals surface area contributed by atoms with E-state index in [1.54, 1.807) is 6.07 Å². The van der Waals surface area contributed by atoms with Gasteiger partial charge in [-0.2, -0.15) is 0 Å². The Bertz CT molecular complexity index is 698. The van der Waals surface area contributed by atoms with Crippen LogP contribution in [0.15, 0.2) is 35.7 Å². The first-order valence-corrected chi connectivity index (χ1v) is 5.96. The van der Waals surface area contributed by atoms with Gasteiger partial charge in [-0.25, -0.2) is 4.39 Å². The molecule has 84 valence electrons. The summed E-state index contributed by atoms with van der Waals surface area (Å²) in [7, 11) is 0. The number of carbonyl (C=O) groups excluding carboxylic acids is 1. The van der Waals surface area contributed by atoms with E-state index in [0.717, 1.165) is 28.4 Å². The molecule has 0 saturated carbocycles. The van der Waals surface area contributed by atoms with Crippen LogP contribution >= 0.6 is 11.3 Å². The number of aromatic amines is 1. The molecule has 0 aliphatic rings. The van der Waals surface area contributed by atoms with E-state index in [4.69, 9.17) is 0 Å². The second-order valence-electron chi connectivity index (χ2n) is 3.77. The van der Waals surface area contributed by atoms with Crippen molar-refractivity contribution in [2.24, 2.45) is 0 Å². The second-order valence-corrected chi connectivity index (χ2v) is 4.71. The van der Waals surface area contributed by atoms with Gasteiger partial charge in [-0.3, -0.25) is 4.79 Å². The van der Waals surface area contributed by atoms with Gasteiger partial charge in [-0.1, -0.05) is 0 Å². The third-order valence-corrected chi connectivity index (χ3v) is 3.49. The zero-order chi connectivity index (χ0) is 11.8. The van der Waals surface area contributed by atoms with E-state index >= 15 is 0 Å². The fourth-order valence-electron chi connectivity index (χ4n) is 1.81. The highest BCUT2D eigenvalue weighted by Gasteiger charge is 2.06. The number of carbonyl (C=O) groups is 1. The number of benzene rings is 1. The van der Waals surface area contributed by atoms with Crippen LogP contribution in [-0.2, 0) is 0 Å². The van der Waals surface area contributed by atoms with Gasteiger partial charge in [0.25, 0.3) is 0 Å². The molecule has 17 heavy (non-hydrogen) atoms. The van der Waals surface area contributed by atoms with Crippen molar-refractivity contribution in [2.75, 3.05) is 0 Å². The maximum atomic E-state index is 13.0. The van der Waals surface area contributed by atoms with E-state index in [1.165, 1.54) is 23.5 Å². The van der Waals surface area contributed by atoms with Crippen LogP contribution in [0.25, 0.3) is 22.2 Å². The van der Waals surface area contributed by atoms with Gasteiger partial charge in [-0.15, -0.1) is 11.3 Å². The highest BCUT2D eigenvalue weighted by atomic mass is 32.1. The Balaban J connectivity index is 2.14. The molecule has 0 fully saturated rings. The number of H-pyrrole nitrogens is 1. The van der Waals surface area contributed by atoms with Gasteiger partial charge in [0.15, 0.2) is 6.29 Å². The quantitative estimate of drug-likeness (QED) is 0.683. The Morgan fingerprint density at radius 2 is 2.12 bits per heavy atom. The lowest BCUT2D eigenvalue weighted by Crippen LogP contribution is -1.73. The molecule has 0 radical (unpaired) electrons. The van der Waals surface area contributed by atoms with Crippen LogP contribution in [-0.4, -0.2) is 11.3 Å². The number of halogens is 1. The molecule has 3 rings (SSSR count). The summed E-state index contributed by atoms with van der Waals surface area (Å²) in [5, 5.41) is 2.74. The molecular weight excluding hydrogens is 237 g/mol. The van der Waals surface area contributed by atoms with Gasteiger partial charge >= 0.3 is 0 Å². The fraction of sp³-hybridized carbons (Fsp3) is 0. The molecule has 4 heteroatoms. The Morgan fingerprint density at radius 3 is 2.88 bits per heavy atom. The second kappa shape index (κ2) is 3.82. The van der Waals surface area contributed by atoms with Gasteiger partial charge < -0.3 is 4.98 Å². The number of fused-ring (bicyclic) bond motifs is 1. The Kier molecular flexibility index (Phi) is 2.30. The Labute approximate surface area is 101 Å². The van der Waals surface area contributed by atoms with E-state index in [2.05, 4.69) is 4.98 Å². The summed E-state index contributed by atoms with van der Waals surface area (Å²) in [5.41, 5.74) is 2.74. The molecule has 1 N–H and O–H groups in total. The van der Waals surface area contributed by atoms with Gasteiger partial charge in [0.05, 0.1) is 4.88 Å². The third kappa shape index (κ3) is 1.76. The van der Waals surface area contributed by atoms with Crippen molar-refractivity contribution in [3.8, 4) is 11.3 Å². The summed E-state index contributed by atoms with van der Waals surface area (Å²) >= 11 is 1.40. The van der Waals surface area contributed by atoms with Crippen LogP contribution in [0.3, 0.4) is 0 Å². The highest BCUT2D eigenvalue weighted by Crippen LogP contribution is 2.27. The summed E-state index contributed by atoms with van der Waals surface area (Å²) in [5.74, 6) is -0.248. The van der Waals surface area contributed by atoms with E-state index in [-0.39, 0.29) is 5.82 Å². The number of nitrogens with one attached hydrogen (secondary N) is 1. The zero-order valence-electron chi connectivity index (χ0n) is 8.74. The zero-order valence-corrected chi connectivity index (χ0v) is 9.55. The van der Waals surface area contributed by atoms with Crippen LogP contribution in [0.1, 0.15) is 9.67 Å². The van der Waals surface area contributed by atoms with Crippen LogP contribution < -0.4 is 0 Å². The van der Waals surface area contributed by atoms with Crippen LogP contribution in [0, 0.1) is 5.82 Å². The molecule has 0 spiro atoms. The van der Waals surface area contributed by atoms with E-state index in [9.17, 15) is 9.18 Å². The van der Waals surface area contributed by atoms with Gasteiger partial charge in [0.1, 0.15) is 5.82 Å². The number of thiophene rings is 1. The average molecular weight is 245 g/mol. The smallest absolute Gasteiger partial charge is 0.160 e. The minimum atomic E-state index is -0.248. The van der Waals surface area contributed by atoms with Crippen molar-refractivity contribution >= 4 is 28.5 Å². The average Bonchev–Trinajstić information content (AvgIpc) is 2.93. The minimum absolute atomic E-state index is 0.248. The van der Waals surface area contributed by atoms with Gasteiger partial charge in [-0.05, 0) is 30.3 Å². The molecule has 2 heterocycles. The monoisotopic (exact) mass is 245 g/mol. The highest BCUT2D eigenvalue weighted by molar-refractivity contribution is 7.12. The molecule has 0 unspecified atom stereocenters. The SMILES string of the molecule is O=Cc1cc(-c2cc3cc(F)ccc3[nH]2)cs1. The van der Waals surface area contributed by atoms with Gasteiger partial charge in [0, 0.05) is 27.5 Å². The first kappa shape index (κ1) is 10.2. The molecule has 1 aromatic carbocycles. The van der Waals surface area contributed by atoms with Crippen LogP contribution in [0.4, 0.5) is 4.39 Å². The van der Waals surface area contributed by atoms with Gasteiger partial charge in [0.2, 0.25) is 0 Å². The van der Waals surface area contributed by atoms with Crippen molar-refractivity contribution in [3.63, 3.8) is 0 Å². The van der Waals surface area contributed by atoms with Crippen molar-refractivity contribution in [1.82, 2.24) is 4.98 Å². The lowest BCUT2D eigenvalue weighted by molar-refractivity contribution is 0.112. The summed E-state index contributed by atoms with van der Waals surface area (Å²) < 4.78 is 13.0. The summed E-state index contributed by atoms with van der Waals surface area (Å²) in [6.45, 7) is 0. The molecule has 0 amide bonds. The Morgan fingerprint density at radius 1 is 1.24 bits per heavy atom. The maximum Gasteiger partial charge on any atom is 0.160 e. The number of aromatic nitrogens is 1. The first-order chi connectivity index (χ1) is 8.26. The Hall–Kier alpha value is -1.94.